The lowest BCUT2D eigenvalue weighted by molar-refractivity contribution is -0.119. The number of aryl methyl sites for hydroxylation is 2. The Labute approximate surface area is 99.0 Å². The summed E-state index contributed by atoms with van der Waals surface area (Å²) >= 11 is 0. The number of alkyl halides is 3. The van der Waals surface area contributed by atoms with Gasteiger partial charge in [0.05, 0.1) is 7.11 Å². The van der Waals surface area contributed by atoms with Crippen molar-refractivity contribution in [3.8, 4) is 5.75 Å². The zero-order chi connectivity index (χ0) is 13.2. The van der Waals surface area contributed by atoms with Crippen molar-refractivity contribution in [1.82, 2.24) is 0 Å². The van der Waals surface area contributed by atoms with Gasteiger partial charge in [-0.2, -0.15) is 13.2 Å². The molecule has 0 fully saturated rings. The van der Waals surface area contributed by atoms with E-state index >= 15 is 0 Å². The van der Waals surface area contributed by atoms with Crippen LogP contribution in [0.3, 0.4) is 0 Å². The maximum Gasteiger partial charge on any atom is 0.405 e. The summed E-state index contributed by atoms with van der Waals surface area (Å²) in [7, 11) is 2.97. The van der Waals surface area contributed by atoms with Crippen molar-refractivity contribution in [2.24, 2.45) is 0 Å². The quantitative estimate of drug-likeness (QED) is 0.812. The predicted molar refractivity (Wildman–Crippen MR) is 61.8 cm³/mol. The Morgan fingerprint density at radius 1 is 1.18 bits per heavy atom. The van der Waals surface area contributed by atoms with Crippen LogP contribution < -0.4 is 9.64 Å². The lowest BCUT2D eigenvalue weighted by Crippen LogP contribution is -2.31. The second-order valence-corrected chi connectivity index (χ2v) is 4.08. The first-order chi connectivity index (χ1) is 7.74. The molecule has 2 nitrogen and oxygen atoms in total. The molecule has 0 heterocycles. The van der Waals surface area contributed by atoms with E-state index in [1.165, 1.54) is 11.9 Å². The third-order valence-electron chi connectivity index (χ3n) is 2.54. The Balaban J connectivity index is 3.02. The van der Waals surface area contributed by atoms with Crippen LogP contribution in [0.5, 0.6) is 5.75 Å². The van der Waals surface area contributed by atoms with Gasteiger partial charge in [-0.15, -0.1) is 0 Å². The number of methoxy groups -OCH3 is 1. The van der Waals surface area contributed by atoms with E-state index in [4.69, 9.17) is 4.74 Å². The van der Waals surface area contributed by atoms with Crippen LogP contribution in [0.25, 0.3) is 0 Å². The molecule has 0 amide bonds. The van der Waals surface area contributed by atoms with Crippen molar-refractivity contribution >= 4 is 5.69 Å². The Kier molecular flexibility index (Phi) is 3.91. The Morgan fingerprint density at radius 3 is 2.24 bits per heavy atom. The fourth-order valence-electron chi connectivity index (χ4n) is 1.76. The Morgan fingerprint density at radius 2 is 1.76 bits per heavy atom. The maximum absolute atomic E-state index is 12.3. The van der Waals surface area contributed by atoms with Gasteiger partial charge < -0.3 is 9.64 Å². The highest BCUT2D eigenvalue weighted by Gasteiger charge is 2.29. The van der Waals surface area contributed by atoms with Crippen LogP contribution in [0.2, 0.25) is 0 Å². The van der Waals surface area contributed by atoms with E-state index in [0.29, 0.717) is 11.4 Å². The van der Waals surface area contributed by atoms with Gasteiger partial charge >= 0.3 is 6.18 Å². The second kappa shape index (κ2) is 4.85. The zero-order valence-corrected chi connectivity index (χ0v) is 10.4. The highest BCUT2D eigenvalue weighted by Crippen LogP contribution is 2.29. The van der Waals surface area contributed by atoms with Crippen molar-refractivity contribution < 1.29 is 17.9 Å². The summed E-state index contributed by atoms with van der Waals surface area (Å²) in [5, 5.41) is 0. The molecule has 5 heteroatoms. The van der Waals surface area contributed by atoms with E-state index in [0.717, 1.165) is 11.1 Å². The predicted octanol–water partition coefficient (Wildman–Crippen LogP) is 3.31. The van der Waals surface area contributed by atoms with E-state index in [2.05, 4.69) is 0 Å². The molecule has 0 aliphatic heterocycles. The van der Waals surface area contributed by atoms with Gasteiger partial charge in [0.2, 0.25) is 0 Å². The van der Waals surface area contributed by atoms with Gasteiger partial charge in [-0.3, -0.25) is 0 Å². The molecule has 0 atom stereocenters. The molecular formula is C12H16F3NO. The molecule has 1 aromatic carbocycles. The van der Waals surface area contributed by atoms with E-state index in [1.807, 2.05) is 6.92 Å². The lowest BCUT2D eigenvalue weighted by atomic mass is 10.1. The molecule has 0 aromatic heterocycles. The molecule has 0 radical (unpaired) electrons. The number of rotatable bonds is 3. The molecule has 1 aromatic rings. The number of nitrogens with zero attached hydrogens (tertiary/aromatic N) is 1. The van der Waals surface area contributed by atoms with Gasteiger partial charge in [0, 0.05) is 12.7 Å². The molecule has 96 valence electrons. The van der Waals surface area contributed by atoms with E-state index in [1.54, 1.807) is 26.2 Å². The molecule has 0 bridgehead atoms. The molecule has 0 saturated heterocycles. The van der Waals surface area contributed by atoms with Crippen molar-refractivity contribution in [2.75, 3.05) is 25.6 Å². The SMILES string of the molecule is COc1cc(C)c(N(C)CC(F)(F)F)cc1C. The molecule has 0 spiro atoms. The smallest absolute Gasteiger partial charge is 0.405 e. The first-order valence-corrected chi connectivity index (χ1v) is 5.17. The van der Waals surface area contributed by atoms with Crippen LogP contribution in [0, 0.1) is 13.8 Å². The first kappa shape index (κ1) is 13.7. The van der Waals surface area contributed by atoms with Crippen LogP contribution in [-0.4, -0.2) is 26.9 Å². The number of anilines is 1. The maximum atomic E-state index is 12.3. The van der Waals surface area contributed by atoms with Crippen molar-refractivity contribution in [3.63, 3.8) is 0 Å². The highest BCUT2D eigenvalue weighted by atomic mass is 19.4. The van der Waals surface area contributed by atoms with Gasteiger partial charge in [-0.05, 0) is 37.1 Å². The van der Waals surface area contributed by atoms with E-state index in [-0.39, 0.29) is 0 Å². The van der Waals surface area contributed by atoms with Crippen molar-refractivity contribution in [2.45, 2.75) is 20.0 Å². The standard InChI is InChI=1S/C12H16F3NO/c1-8-6-11(17-4)9(2)5-10(8)16(3)7-12(13,14)15/h5-6H,7H2,1-4H3. The summed E-state index contributed by atoms with van der Waals surface area (Å²) in [5.41, 5.74) is 2.15. The number of ether oxygens (including phenoxy) is 1. The second-order valence-electron chi connectivity index (χ2n) is 4.08. The largest absolute Gasteiger partial charge is 0.496 e. The zero-order valence-electron chi connectivity index (χ0n) is 10.4. The van der Waals surface area contributed by atoms with E-state index < -0.39 is 12.7 Å². The summed E-state index contributed by atoms with van der Waals surface area (Å²) < 4.78 is 42.0. The van der Waals surface area contributed by atoms with Gasteiger partial charge in [0.1, 0.15) is 12.3 Å². The number of hydrogen-bond donors (Lipinski definition) is 0. The molecule has 0 aliphatic rings. The van der Waals surface area contributed by atoms with Crippen LogP contribution >= 0.6 is 0 Å². The molecule has 1 rings (SSSR count). The molecular weight excluding hydrogens is 231 g/mol. The number of hydrogen-bond acceptors (Lipinski definition) is 2. The number of benzene rings is 1. The minimum absolute atomic E-state index is 0.570. The summed E-state index contributed by atoms with van der Waals surface area (Å²) in [4.78, 5) is 1.20. The van der Waals surface area contributed by atoms with E-state index in [9.17, 15) is 13.2 Å². The minimum atomic E-state index is -4.20. The fraction of sp³-hybridized carbons (Fsp3) is 0.500. The summed E-state index contributed by atoms with van der Waals surface area (Å²) in [5.74, 6) is 0.687. The Hall–Kier alpha value is -1.39. The number of halogens is 3. The van der Waals surface area contributed by atoms with Gasteiger partial charge in [-0.25, -0.2) is 0 Å². The van der Waals surface area contributed by atoms with Gasteiger partial charge in [0.25, 0.3) is 0 Å². The van der Waals surface area contributed by atoms with Gasteiger partial charge in [0.15, 0.2) is 0 Å². The van der Waals surface area contributed by atoms with Crippen molar-refractivity contribution in [1.29, 1.82) is 0 Å². The molecule has 0 N–H and O–H groups in total. The Bertz CT molecular complexity index is 401. The third kappa shape index (κ3) is 3.54. The summed E-state index contributed by atoms with van der Waals surface area (Å²) in [6.07, 6.45) is -4.20. The highest BCUT2D eigenvalue weighted by molar-refractivity contribution is 5.58. The summed E-state index contributed by atoms with van der Waals surface area (Å²) in [6, 6.07) is 3.46. The average Bonchev–Trinajstić information content (AvgIpc) is 2.18. The summed E-state index contributed by atoms with van der Waals surface area (Å²) in [6.45, 7) is 2.62. The minimum Gasteiger partial charge on any atom is -0.496 e. The van der Waals surface area contributed by atoms with Crippen LogP contribution in [0.1, 0.15) is 11.1 Å². The lowest BCUT2D eigenvalue weighted by Gasteiger charge is -2.24. The monoisotopic (exact) mass is 247 g/mol. The molecule has 0 unspecified atom stereocenters. The molecule has 0 aliphatic carbocycles. The average molecular weight is 247 g/mol. The van der Waals surface area contributed by atoms with Crippen LogP contribution in [0.15, 0.2) is 12.1 Å². The van der Waals surface area contributed by atoms with Crippen molar-refractivity contribution in [3.05, 3.63) is 23.3 Å². The van der Waals surface area contributed by atoms with Gasteiger partial charge in [-0.1, -0.05) is 0 Å². The van der Waals surface area contributed by atoms with Crippen LogP contribution in [0.4, 0.5) is 18.9 Å². The third-order valence-corrected chi connectivity index (χ3v) is 2.54. The first-order valence-electron chi connectivity index (χ1n) is 5.17. The molecule has 17 heavy (non-hydrogen) atoms. The normalized spacial score (nSPS) is 11.5. The van der Waals surface area contributed by atoms with Crippen LogP contribution in [-0.2, 0) is 0 Å². The molecule has 0 saturated carbocycles. The topological polar surface area (TPSA) is 12.5 Å². The fourth-order valence-corrected chi connectivity index (χ4v) is 1.76.